The van der Waals surface area contributed by atoms with Crippen molar-refractivity contribution in [2.45, 2.75) is 51.6 Å². The molecule has 2 fully saturated rings. The number of hydrogen-bond donors (Lipinski definition) is 2. The molecule has 1 aromatic carbocycles. The van der Waals surface area contributed by atoms with Crippen molar-refractivity contribution >= 4 is 28.7 Å². The molecule has 2 aliphatic rings. The monoisotopic (exact) mass is 374 g/mol. The lowest BCUT2D eigenvalue weighted by molar-refractivity contribution is 0.114. The third kappa shape index (κ3) is 5.68. The van der Waals surface area contributed by atoms with Gasteiger partial charge in [-0.1, -0.05) is 25.0 Å². The van der Waals surface area contributed by atoms with E-state index < -0.39 is 0 Å². The second-order valence-corrected chi connectivity index (χ2v) is 7.51. The predicted octanol–water partition coefficient (Wildman–Crippen LogP) is 3.43. The summed E-state index contributed by atoms with van der Waals surface area (Å²) < 4.78 is 5.58. The second-order valence-electron chi connectivity index (χ2n) is 7.10. The number of ether oxygens (including phenoxy) is 1. The average molecular weight is 375 g/mol. The van der Waals surface area contributed by atoms with E-state index in [2.05, 4.69) is 45.0 Å². The first-order chi connectivity index (χ1) is 12.7. The molecule has 2 aliphatic heterocycles. The number of rotatable bonds is 5. The molecular weight excluding hydrogens is 344 g/mol. The van der Waals surface area contributed by atoms with Gasteiger partial charge in [0.25, 0.3) is 0 Å². The maximum Gasteiger partial charge on any atom is 0.187 e. The fourth-order valence-corrected chi connectivity index (χ4v) is 3.62. The van der Waals surface area contributed by atoms with Crippen LogP contribution >= 0.6 is 12.2 Å². The third-order valence-electron chi connectivity index (χ3n) is 5.10. The van der Waals surface area contributed by atoms with Crippen molar-refractivity contribution < 1.29 is 4.74 Å². The van der Waals surface area contributed by atoms with E-state index in [1.807, 2.05) is 6.92 Å². The Morgan fingerprint density at radius 1 is 1.15 bits per heavy atom. The first kappa shape index (κ1) is 19.1. The molecule has 1 atom stereocenters. The summed E-state index contributed by atoms with van der Waals surface area (Å²) in [5.74, 6) is 0. The fourth-order valence-electron chi connectivity index (χ4n) is 3.49. The van der Waals surface area contributed by atoms with Gasteiger partial charge in [0.1, 0.15) is 0 Å². The van der Waals surface area contributed by atoms with E-state index in [1.165, 1.54) is 44.5 Å². The van der Waals surface area contributed by atoms with Gasteiger partial charge < -0.3 is 15.0 Å². The molecule has 2 heterocycles. The predicted molar refractivity (Wildman–Crippen MR) is 112 cm³/mol. The topological polar surface area (TPSA) is 48.9 Å². The van der Waals surface area contributed by atoms with Gasteiger partial charge in [-0.15, -0.1) is 0 Å². The van der Waals surface area contributed by atoms with Crippen LogP contribution in [0.3, 0.4) is 0 Å². The fraction of sp³-hybridized carbons (Fsp3) is 0.600. The van der Waals surface area contributed by atoms with E-state index in [0.717, 1.165) is 37.3 Å². The first-order valence-corrected chi connectivity index (χ1v) is 10.2. The molecule has 0 saturated carbocycles. The van der Waals surface area contributed by atoms with Crippen molar-refractivity contribution in [2.24, 2.45) is 5.10 Å². The summed E-state index contributed by atoms with van der Waals surface area (Å²) in [6.07, 6.45) is 7.80. The standard InChI is InChI=1S/C20H30N4OS/c1-16(22-23-20(26)21-15-19-7-6-14-25-19)17-8-10-18(11-9-17)24-12-4-2-3-5-13-24/h8-11,19H,2-7,12-15H2,1H3,(H2,21,23,26)/b22-16-/t19-/m1/s1. The lowest BCUT2D eigenvalue weighted by atomic mass is 10.1. The summed E-state index contributed by atoms with van der Waals surface area (Å²) in [6, 6.07) is 8.69. The molecule has 1 aromatic rings. The summed E-state index contributed by atoms with van der Waals surface area (Å²) in [7, 11) is 0. The summed E-state index contributed by atoms with van der Waals surface area (Å²) in [6.45, 7) is 5.93. The van der Waals surface area contributed by atoms with Crippen molar-refractivity contribution in [3.63, 3.8) is 0 Å². The van der Waals surface area contributed by atoms with Gasteiger partial charge in [-0.25, -0.2) is 0 Å². The van der Waals surface area contributed by atoms with E-state index in [4.69, 9.17) is 17.0 Å². The van der Waals surface area contributed by atoms with Crippen LogP contribution in [0.2, 0.25) is 0 Å². The Balaban J connectivity index is 1.49. The number of nitrogens with zero attached hydrogens (tertiary/aromatic N) is 2. The minimum absolute atomic E-state index is 0.270. The first-order valence-electron chi connectivity index (χ1n) is 9.77. The van der Waals surface area contributed by atoms with Crippen LogP contribution < -0.4 is 15.6 Å². The van der Waals surface area contributed by atoms with Crippen molar-refractivity contribution in [3.05, 3.63) is 29.8 Å². The molecule has 0 unspecified atom stereocenters. The Morgan fingerprint density at radius 2 is 1.88 bits per heavy atom. The van der Waals surface area contributed by atoms with Crippen molar-refractivity contribution in [3.8, 4) is 0 Å². The Labute approximate surface area is 162 Å². The van der Waals surface area contributed by atoms with Crippen LogP contribution in [0.15, 0.2) is 29.4 Å². The minimum Gasteiger partial charge on any atom is -0.376 e. The normalized spacial score (nSPS) is 21.3. The maximum absolute atomic E-state index is 5.58. The van der Waals surface area contributed by atoms with E-state index in [9.17, 15) is 0 Å². The van der Waals surface area contributed by atoms with E-state index in [1.54, 1.807) is 0 Å². The molecule has 142 valence electrons. The molecule has 26 heavy (non-hydrogen) atoms. The van der Waals surface area contributed by atoms with Crippen molar-refractivity contribution in [1.29, 1.82) is 0 Å². The van der Waals surface area contributed by atoms with Crippen molar-refractivity contribution in [1.82, 2.24) is 10.7 Å². The smallest absolute Gasteiger partial charge is 0.187 e. The number of anilines is 1. The average Bonchev–Trinajstić information content (AvgIpc) is 3.05. The molecule has 0 aliphatic carbocycles. The third-order valence-corrected chi connectivity index (χ3v) is 5.33. The molecule has 2 saturated heterocycles. The molecular formula is C20H30N4OS. The second kappa shape index (κ2) is 9.88. The van der Waals surface area contributed by atoms with Crippen LogP contribution in [0.4, 0.5) is 5.69 Å². The molecule has 0 bridgehead atoms. The Bertz CT molecular complexity index is 603. The lowest BCUT2D eigenvalue weighted by Gasteiger charge is -2.22. The number of nitrogens with one attached hydrogen (secondary N) is 2. The summed E-state index contributed by atoms with van der Waals surface area (Å²) in [5.41, 5.74) is 6.28. The largest absolute Gasteiger partial charge is 0.376 e. The van der Waals surface area contributed by atoms with E-state index in [0.29, 0.717) is 5.11 Å². The number of hydrogen-bond acceptors (Lipinski definition) is 4. The van der Waals surface area contributed by atoms with Crippen LogP contribution in [-0.4, -0.2) is 43.2 Å². The van der Waals surface area contributed by atoms with Crippen LogP contribution in [0.5, 0.6) is 0 Å². The Morgan fingerprint density at radius 3 is 2.54 bits per heavy atom. The van der Waals surface area contributed by atoms with Crippen LogP contribution in [0.1, 0.15) is 51.0 Å². The zero-order chi connectivity index (χ0) is 18.2. The highest BCUT2D eigenvalue weighted by molar-refractivity contribution is 7.80. The van der Waals surface area contributed by atoms with Gasteiger partial charge >= 0.3 is 0 Å². The Hall–Kier alpha value is -1.66. The SMILES string of the molecule is C/C(=N/NC(=S)NC[C@H]1CCCO1)c1ccc(N2CCCCCC2)cc1. The molecule has 6 heteroatoms. The highest BCUT2D eigenvalue weighted by Gasteiger charge is 2.15. The summed E-state index contributed by atoms with van der Waals surface area (Å²) in [4.78, 5) is 2.49. The quantitative estimate of drug-likeness (QED) is 0.470. The van der Waals surface area contributed by atoms with Gasteiger partial charge in [0.05, 0.1) is 11.8 Å². The van der Waals surface area contributed by atoms with Gasteiger partial charge in [0, 0.05) is 31.9 Å². The van der Waals surface area contributed by atoms with Crippen molar-refractivity contribution in [2.75, 3.05) is 31.1 Å². The highest BCUT2D eigenvalue weighted by Crippen LogP contribution is 2.20. The number of hydrazone groups is 1. The number of benzene rings is 1. The minimum atomic E-state index is 0.270. The lowest BCUT2D eigenvalue weighted by Crippen LogP contribution is -2.37. The van der Waals surface area contributed by atoms with Gasteiger partial charge in [-0.3, -0.25) is 5.43 Å². The van der Waals surface area contributed by atoms with Crippen LogP contribution in [0.25, 0.3) is 0 Å². The van der Waals surface area contributed by atoms with Gasteiger partial charge in [0.15, 0.2) is 5.11 Å². The maximum atomic E-state index is 5.58. The molecule has 5 nitrogen and oxygen atoms in total. The summed E-state index contributed by atoms with van der Waals surface area (Å²) >= 11 is 5.28. The molecule has 3 rings (SSSR count). The zero-order valence-electron chi connectivity index (χ0n) is 15.7. The molecule has 0 radical (unpaired) electrons. The number of thiocarbonyl (C=S) groups is 1. The van der Waals surface area contributed by atoms with Gasteiger partial charge in [-0.05, 0) is 62.5 Å². The molecule has 0 aromatic heterocycles. The van der Waals surface area contributed by atoms with Crippen LogP contribution in [-0.2, 0) is 4.74 Å². The highest BCUT2D eigenvalue weighted by atomic mass is 32.1. The zero-order valence-corrected chi connectivity index (χ0v) is 16.5. The van der Waals surface area contributed by atoms with E-state index in [-0.39, 0.29) is 6.10 Å². The Kier molecular flexibility index (Phi) is 7.26. The molecule has 0 amide bonds. The van der Waals surface area contributed by atoms with E-state index >= 15 is 0 Å². The van der Waals surface area contributed by atoms with Gasteiger partial charge in [0.2, 0.25) is 0 Å². The molecule has 2 N–H and O–H groups in total. The molecule has 0 spiro atoms. The summed E-state index contributed by atoms with van der Waals surface area (Å²) in [5, 5.41) is 8.12. The van der Waals surface area contributed by atoms with Crippen LogP contribution in [0, 0.1) is 0 Å². The van der Waals surface area contributed by atoms with Gasteiger partial charge in [-0.2, -0.15) is 5.10 Å².